The minimum Gasteiger partial charge on any atom is -0.481 e. The van der Waals surface area contributed by atoms with Gasteiger partial charge in [0, 0.05) is 17.6 Å². The fourth-order valence-corrected chi connectivity index (χ4v) is 3.33. The Morgan fingerprint density at radius 2 is 2.05 bits per heavy atom. The number of carbonyl (C=O) groups excluding carboxylic acids is 1. The predicted octanol–water partition coefficient (Wildman–Crippen LogP) is 1.03. The normalized spacial score (nSPS) is 19.0. The molecule has 0 unspecified atom stereocenters. The molecule has 0 radical (unpaired) electrons. The van der Waals surface area contributed by atoms with Crippen molar-refractivity contribution in [3.8, 4) is 0 Å². The Labute approximate surface area is 136 Å². The van der Waals surface area contributed by atoms with Crippen LogP contribution in [-0.4, -0.2) is 43.4 Å². The lowest BCUT2D eigenvalue weighted by atomic mass is 9.97. The molecule has 1 amide bonds. The molecule has 1 aromatic carbocycles. The maximum Gasteiger partial charge on any atom is 0.308 e. The van der Waals surface area contributed by atoms with Gasteiger partial charge in [-0.25, -0.2) is 13.6 Å². The van der Waals surface area contributed by atoms with Crippen LogP contribution in [0.4, 0.5) is 0 Å². The van der Waals surface area contributed by atoms with Gasteiger partial charge in [0.05, 0.1) is 16.4 Å². The van der Waals surface area contributed by atoms with Crippen LogP contribution in [0.15, 0.2) is 27.6 Å². The molecule has 120 valence electrons. The van der Waals surface area contributed by atoms with E-state index in [1.807, 2.05) is 0 Å². The van der Waals surface area contributed by atoms with Crippen molar-refractivity contribution in [1.29, 1.82) is 0 Å². The molecular formula is C13H15BrN2O5S. The van der Waals surface area contributed by atoms with Gasteiger partial charge in [-0.15, -0.1) is 0 Å². The van der Waals surface area contributed by atoms with E-state index in [0.29, 0.717) is 23.9 Å². The van der Waals surface area contributed by atoms with Gasteiger partial charge in [-0.3, -0.25) is 9.59 Å². The highest BCUT2D eigenvalue weighted by atomic mass is 79.9. The first-order valence-electron chi connectivity index (χ1n) is 6.54. The van der Waals surface area contributed by atoms with Crippen LogP contribution in [0.1, 0.15) is 23.2 Å². The number of nitrogens with two attached hydrogens (primary N) is 1. The third kappa shape index (κ3) is 3.65. The van der Waals surface area contributed by atoms with Gasteiger partial charge in [0.25, 0.3) is 5.91 Å². The molecule has 1 aromatic rings. The monoisotopic (exact) mass is 390 g/mol. The standard InChI is InChI=1S/C13H15BrN2O5S/c14-11-4-3-9(22(15,20)21)6-10(11)12(17)16-5-1-2-8(7-16)13(18)19/h3-4,6,8H,1-2,5,7H2,(H,18,19)(H2,15,20,21)/t8-/m1/s1. The first kappa shape index (κ1) is 16.9. The van der Waals surface area contributed by atoms with Gasteiger partial charge < -0.3 is 10.0 Å². The number of hydrogen-bond donors (Lipinski definition) is 2. The summed E-state index contributed by atoms with van der Waals surface area (Å²) in [5.74, 6) is -1.95. The van der Waals surface area contributed by atoms with Crippen LogP contribution in [0.2, 0.25) is 0 Å². The number of sulfonamides is 1. The Kier molecular flexibility index (Phi) is 4.88. The molecule has 0 spiro atoms. The highest BCUT2D eigenvalue weighted by Crippen LogP contribution is 2.25. The molecule has 3 N–H and O–H groups in total. The molecule has 1 saturated heterocycles. The molecule has 0 aromatic heterocycles. The fraction of sp³-hybridized carbons (Fsp3) is 0.385. The van der Waals surface area contributed by atoms with E-state index in [-0.39, 0.29) is 17.0 Å². The lowest BCUT2D eigenvalue weighted by Gasteiger charge is -2.31. The number of aliphatic carboxylic acids is 1. The van der Waals surface area contributed by atoms with Gasteiger partial charge >= 0.3 is 5.97 Å². The maximum absolute atomic E-state index is 12.5. The van der Waals surface area contributed by atoms with Gasteiger partial charge in [-0.05, 0) is 47.0 Å². The second kappa shape index (κ2) is 6.35. The van der Waals surface area contributed by atoms with Crippen LogP contribution in [0.25, 0.3) is 0 Å². The SMILES string of the molecule is NS(=O)(=O)c1ccc(Br)c(C(=O)N2CCC[C@@H](C(=O)O)C2)c1. The van der Waals surface area contributed by atoms with E-state index in [4.69, 9.17) is 10.2 Å². The summed E-state index contributed by atoms with van der Waals surface area (Å²) in [6.45, 7) is 0.550. The second-order valence-electron chi connectivity index (χ2n) is 5.12. The molecule has 1 atom stereocenters. The molecule has 9 heteroatoms. The number of halogens is 1. The molecule has 2 rings (SSSR count). The molecule has 0 saturated carbocycles. The van der Waals surface area contributed by atoms with Crippen molar-refractivity contribution in [3.63, 3.8) is 0 Å². The molecular weight excluding hydrogens is 376 g/mol. The van der Waals surface area contributed by atoms with Gasteiger partial charge in [-0.2, -0.15) is 0 Å². The van der Waals surface area contributed by atoms with Crippen molar-refractivity contribution in [2.45, 2.75) is 17.7 Å². The number of carboxylic acid groups (broad SMARTS) is 1. The highest BCUT2D eigenvalue weighted by Gasteiger charge is 2.29. The summed E-state index contributed by atoms with van der Waals surface area (Å²) in [6.07, 6.45) is 1.12. The van der Waals surface area contributed by atoms with Crippen LogP contribution in [-0.2, 0) is 14.8 Å². The van der Waals surface area contributed by atoms with Crippen LogP contribution in [0, 0.1) is 5.92 Å². The van der Waals surface area contributed by atoms with Crippen LogP contribution in [0.3, 0.4) is 0 Å². The summed E-state index contributed by atoms with van der Waals surface area (Å²) in [5, 5.41) is 14.1. The van der Waals surface area contributed by atoms with E-state index >= 15 is 0 Å². The number of amides is 1. The minimum absolute atomic E-state index is 0.111. The van der Waals surface area contributed by atoms with E-state index in [0.717, 1.165) is 0 Å². The molecule has 7 nitrogen and oxygen atoms in total. The van der Waals surface area contributed by atoms with Crippen molar-refractivity contribution in [2.24, 2.45) is 11.1 Å². The van der Waals surface area contributed by atoms with E-state index in [1.165, 1.54) is 23.1 Å². The van der Waals surface area contributed by atoms with E-state index in [1.54, 1.807) is 0 Å². The number of primary sulfonamides is 1. The third-order valence-corrected chi connectivity index (χ3v) is 5.16. The summed E-state index contributed by atoms with van der Waals surface area (Å²) >= 11 is 3.21. The topological polar surface area (TPSA) is 118 Å². The number of carboxylic acids is 1. The van der Waals surface area contributed by atoms with Crippen molar-refractivity contribution >= 4 is 37.8 Å². The molecule has 0 aliphatic carbocycles. The summed E-state index contributed by atoms with van der Waals surface area (Å²) < 4.78 is 23.2. The predicted molar refractivity (Wildman–Crippen MR) is 81.8 cm³/mol. The van der Waals surface area contributed by atoms with E-state index < -0.39 is 27.8 Å². The van der Waals surface area contributed by atoms with Crippen molar-refractivity contribution in [2.75, 3.05) is 13.1 Å². The molecule has 1 aliphatic heterocycles. The quantitative estimate of drug-likeness (QED) is 0.798. The fourth-order valence-electron chi connectivity index (χ4n) is 2.38. The zero-order valence-corrected chi connectivity index (χ0v) is 13.9. The number of likely N-dealkylation sites (tertiary alicyclic amines) is 1. The average Bonchev–Trinajstić information content (AvgIpc) is 2.46. The van der Waals surface area contributed by atoms with E-state index in [2.05, 4.69) is 15.9 Å². The summed E-state index contributed by atoms with van der Waals surface area (Å²) in [4.78, 5) is 24.9. The zero-order valence-electron chi connectivity index (χ0n) is 11.5. The molecule has 0 bridgehead atoms. The molecule has 1 aliphatic rings. The number of carbonyl (C=O) groups is 2. The Morgan fingerprint density at radius 3 is 2.64 bits per heavy atom. The van der Waals surface area contributed by atoms with E-state index in [9.17, 15) is 18.0 Å². The minimum atomic E-state index is -3.92. The first-order chi connectivity index (χ1) is 10.2. The van der Waals surface area contributed by atoms with Crippen molar-refractivity contribution < 1.29 is 23.1 Å². The van der Waals surface area contributed by atoms with Crippen molar-refractivity contribution in [1.82, 2.24) is 4.90 Å². The Hall–Kier alpha value is -1.45. The summed E-state index contributed by atoms with van der Waals surface area (Å²) in [6, 6.07) is 3.93. The van der Waals surface area contributed by atoms with Crippen molar-refractivity contribution in [3.05, 3.63) is 28.2 Å². The Balaban J connectivity index is 2.31. The molecule has 1 heterocycles. The maximum atomic E-state index is 12.5. The number of benzene rings is 1. The molecule has 1 fully saturated rings. The number of hydrogen-bond acceptors (Lipinski definition) is 4. The Morgan fingerprint density at radius 1 is 1.36 bits per heavy atom. The zero-order chi connectivity index (χ0) is 16.5. The average molecular weight is 391 g/mol. The smallest absolute Gasteiger partial charge is 0.308 e. The van der Waals surface area contributed by atoms with Crippen LogP contribution < -0.4 is 5.14 Å². The summed E-state index contributed by atoms with van der Waals surface area (Å²) in [7, 11) is -3.92. The van der Waals surface area contributed by atoms with Gasteiger partial charge in [0.2, 0.25) is 10.0 Å². The second-order valence-corrected chi connectivity index (χ2v) is 7.53. The first-order valence-corrected chi connectivity index (χ1v) is 8.88. The van der Waals surface area contributed by atoms with Crippen LogP contribution in [0.5, 0.6) is 0 Å². The van der Waals surface area contributed by atoms with Crippen LogP contribution >= 0.6 is 15.9 Å². The number of piperidine rings is 1. The highest BCUT2D eigenvalue weighted by molar-refractivity contribution is 9.10. The lowest BCUT2D eigenvalue weighted by molar-refractivity contribution is -0.143. The van der Waals surface area contributed by atoms with Gasteiger partial charge in [0.15, 0.2) is 0 Å². The number of nitrogens with zero attached hydrogens (tertiary/aromatic N) is 1. The number of rotatable bonds is 3. The van der Waals surface area contributed by atoms with Gasteiger partial charge in [0.1, 0.15) is 0 Å². The lowest BCUT2D eigenvalue weighted by Crippen LogP contribution is -2.42. The van der Waals surface area contributed by atoms with Gasteiger partial charge in [-0.1, -0.05) is 0 Å². The Bertz CT molecular complexity index is 719. The summed E-state index contributed by atoms with van der Waals surface area (Å²) in [5.41, 5.74) is 0.151. The largest absolute Gasteiger partial charge is 0.481 e. The third-order valence-electron chi connectivity index (χ3n) is 3.55. The molecule has 22 heavy (non-hydrogen) atoms.